The van der Waals surface area contributed by atoms with Gasteiger partial charge in [-0.2, -0.15) is 0 Å². The lowest BCUT2D eigenvalue weighted by molar-refractivity contribution is 0.0512. The lowest BCUT2D eigenvalue weighted by Gasteiger charge is -2.39. The fraction of sp³-hybridized carbons (Fsp3) is 0.333. The summed E-state index contributed by atoms with van der Waals surface area (Å²) in [5.41, 5.74) is 1.09. The fourth-order valence-electron chi connectivity index (χ4n) is 4.37. The molecule has 2 heterocycles. The first-order valence-electron chi connectivity index (χ1n) is 10.1. The molecule has 4 rings (SSSR count). The van der Waals surface area contributed by atoms with Crippen molar-refractivity contribution in [3.63, 3.8) is 0 Å². The molecule has 2 unspecified atom stereocenters. The first kappa shape index (κ1) is 19.2. The minimum absolute atomic E-state index is 0.0162. The standard InChI is InChI=1S/C24H26N2O3/c1-16-8-6-9-17(2)26(16)24(28)22-15-25(18-10-7-11-19(14-18)29-3)23(27)21-13-5-4-12-20(21)22/h4-5,7,10-17H,6,8-9H2,1-3H3. The molecule has 0 N–H and O–H groups in total. The molecule has 2 atom stereocenters. The summed E-state index contributed by atoms with van der Waals surface area (Å²) in [5.74, 6) is 0.645. The van der Waals surface area contributed by atoms with E-state index in [-0.39, 0.29) is 23.6 Å². The van der Waals surface area contributed by atoms with Crippen molar-refractivity contribution < 1.29 is 9.53 Å². The molecular formula is C24H26N2O3. The first-order chi connectivity index (χ1) is 14.0. The van der Waals surface area contributed by atoms with Crippen LogP contribution in [0.25, 0.3) is 16.5 Å². The smallest absolute Gasteiger partial charge is 0.262 e. The maximum atomic E-state index is 13.6. The van der Waals surface area contributed by atoms with Gasteiger partial charge in [0.2, 0.25) is 0 Å². The number of hydrogen-bond acceptors (Lipinski definition) is 3. The molecule has 1 amide bonds. The zero-order valence-electron chi connectivity index (χ0n) is 17.1. The van der Waals surface area contributed by atoms with Crippen LogP contribution in [0.2, 0.25) is 0 Å². The van der Waals surface area contributed by atoms with Gasteiger partial charge in [-0.1, -0.05) is 24.3 Å². The van der Waals surface area contributed by atoms with E-state index in [1.165, 1.54) is 0 Å². The van der Waals surface area contributed by atoms with Crippen LogP contribution in [-0.2, 0) is 0 Å². The van der Waals surface area contributed by atoms with Gasteiger partial charge in [0.05, 0.1) is 18.4 Å². The van der Waals surface area contributed by atoms with E-state index in [0.717, 1.165) is 19.3 Å². The Hall–Kier alpha value is -3.08. The molecule has 1 saturated heterocycles. The van der Waals surface area contributed by atoms with E-state index in [1.807, 2.05) is 41.3 Å². The van der Waals surface area contributed by atoms with Gasteiger partial charge in [-0.25, -0.2) is 0 Å². The zero-order chi connectivity index (χ0) is 20.5. The maximum Gasteiger partial charge on any atom is 0.262 e. The summed E-state index contributed by atoms with van der Waals surface area (Å²) in [7, 11) is 1.59. The number of piperidine rings is 1. The van der Waals surface area contributed by atoms with Crippen molar-refractivity contribution in [3.05, 3.63) is 70.6 Å². The Morgan fingerprint density at radius 3 is 2.38 bits per heavy atom. The molecular weight excluding hydrogens is 364 g/mol. The van der Waals surface area contributed by atoms with Gasteiger partial charge in [0.15, 0.2) is 0 Å². The second kappa shape index (κ2) is 7.74. The zero-order valence-corrected chi connectivity index (χ0v) is 17.1. The van der Waals surface area contributed by atoms with Gasteiger partial charge in [-0.05, 0) is 51.3 Å². The van der Waals surface area contributed by atoms with Crippen molar-refractivity contribution in [1.29, 1.82) is 0 Å². The number of amides is 1. The Bertz CT molecular complexity index is 1110. The normalized spacial score (nSPS) is 19.3. The van der Waals surface area contributed by atoms with Crippen molar-refractivity contribution in [1.82, 2.24) is 9.47 Å². The lowest BCUT2D eigenvalue weighted by atomic mass is 9.95. The highest BCUT2D eigenvalue weighted by Crippen LogP contribution is 2.27. The minimum atomic E-state index is -0.148. The van der Waals surface area contributed by atoms with E-state index >= 15 is 0 Å². The number of pyridine rings is 1. The maximum absolute atomic E-state index is 13.6. The Morgan fingerprint density at radius 2 is 1.69 bits per heavy atom. The number of likely N-dealkylation sites (tertiary alicyclic amines) is 1. The Morgan fingerprint density at radius 1 is 1.00 bits per heavy atom. The second-order valence-electron chi connectivity index (χ2n) is 7.81. The third-order valence-corrected chi connectivity index (χ3v) is 5.91. The van der Waals surface area contributed by atoms with Crippen LogP contribution in [0.1, 0.15) is 43.5 Å². The fourth-order valence-corrected chi connectivity index (χ4v) is 4.37. The van der Waals surface area contributed by atoms with E-state index in [0.29, 0.717) is 27.8 Å². The monoisotopic (exact) mass is 390 g/mol. The number of nitrogens with zero attached hydrogens (tertiary/aromatic N) is 2. The third-order valence-electron chi connectivity index (χ3n) is 5.91. The van der Waals surface area contributed by atoms with Crippen LogP contribution in [0.4, 0.5) is 0 Å². The molecule has 0 saturated carbocycles. The highest BCUT2D eigenvalue weighted by Gasteiger charge is 2.31. The predicted octanol–water partition coefficient (Wildman–Crippen LogP) is 4.40. The van der Waals surface area contributed by atoms with Crippen molar-refractivity contribution in [2.75, 3.05) is 7.11 Å². The second-order valence-corrected chi connectivity index (χ2v) is 7.81. The number of carbonyl (C=O) groups is 1. The highest BCUT2D eigenvalue weighted by atomic mass is 16.5. The van der Waals surface area contributed by atoms with Crippen LogP contribution in [0, 0.1) is 0 Å². The van der Waals surface area contributed by atoms with Crippen LogP contribution in [0.15, 0.2) is 59.5 Å². The van der Waals surface area contributed by atoms with Crippen molar-refractivity contribution in [2.45, 2.75) is 45.2 Å². The largest absolute Gasteiger partial charge is 0.497 e. The molecule has 3 aromatic rings. The average molecular weight is 390 g/mol. The molecule has 5 nitrogen and oxygen atoms in total. The SMILES string of the molecule is COc1cccc(-n2cc(C(=O)N3C(C)CCCC3C)c3ccccc3c2=O)c1. The minimum Gasteiger partial charge on any atom is -0.497 e. The topological polar surface area (TPSA) is 51.5 Å². The summed E-state index contributed by atoms with van der Waals surface area (Å²) in [6.07, 6.45) is 4.83. The quantitative estimate of drug-likeness (QED) is 0.666. The van der Waals surface area contributed by atoms with Crippen LogP contribution in [-0.4, -0.2) is 34.6 Å². The molecule has 1 aromatic heterocycles. The summed E-state index contributed by atoms with van der Waals surface area (Å²) < 4.78 is 6.87. The van der Waals surface area contributed by atoms with Gasteiger partial charge >= 0.3 is 0 Å². The van der Waals surface area contributed by atoms with E-state index in [4.69, 9.17) is 4.74 Å². The molecule has 5 heteroatoms. The molecule has 29 heavy (non-hydrogen) atoms. The van der Waals surface area contributed by atoms with Crippen molar-refractivity contribution in [2.24, 2.45) is 0 Å². The molecule has 150 valence electrons. The van der Waals surface area contributed by atoms with Crippen molar-refractivity contribution >= 4 is 16.7 Å². The molecule has 0 bridgehead atoms. The van der Waals surface area contributed by atoms with Crippen molar-refractivity contribution in [3.8, 4) is 11.4 Å². The van der Waals surface area contributed by atoms with Gasteiger partial charge in [-0.3, -0.25) is 14.2 Å². The van der Waals surface area contributed by atoms with E-state index in [9.17, 15) is 9.59 Å². The van der Waals surface area contributed by atoms with Gasteiger partial charge in [-0.15, -0.1) is 0 Å². The number of aromatic nitrogens is 1. The van der Waals surface area contributed by atoms with E-state index < -0.39 is 0 Å². The molecule has 1 fully saturated rings. The molecule has 1 aliphatic rings. The van der Waals surface area contributed by atoms with Gasteiger partial charge in [0.1, 0.15) is 5.75 Å². The first-order valence-corrected chi connectivity index (χ1v) is 10.1. The average Bonchev–Trinajstić information content (AvgIpc) is 2.74. The predicted molar refractivity (Wildman–Crippen MR) is 115 cm³/mol. The Labute approximate surface area is 170 Å². The van der Waals surface area contributed by atoms with Crippen LogP contribution < -0.4 is 10.3 Å². The number of hydrogen-bond donors (Lipinski definition) is 0. The summed E-state index contributed by atoms with van der Waals surface area (Å²) in [6.45, 7) is 4.21. The van der Waals surface area contributed by atoms with Gasteiger partial charge < -0.3 is 9.64 Å². The number of ether oxygens (including phenoxy) is 1. The number of rotatable bonds is 3. The Balaban J connectivity index is 1.93. The number of methoxy groups -OCH3 is 1. The molecule has 0 aliphatic carbocycles. The molecule has 2 aromatic carbocycles. The highest BCUT2D eigenvalue weighted by molar-refractivity contribution is 6.06. The molecule has 0 radical (unpaired) electrons. The van der Waals surface area contributed by atoms with Gasteiger partial charge in [0, 0.05) is 35.1 Å². The van der Waals surface area contributed by atoms with Crippen LogP contribution in [0.3, 0.4) is 0 Å². The van der Waals surface area contributed by atoms with E-state index in [1.54, 1.807) is 30.0 Å². The van der Waals surface area contributed by atoms with Crippen LogP contribution >= 0.6 is 0 Å². The Kier molecular flexibility index (Phi) is 5.14. The van der Waals surface area contributed by atoms with Gasteiger partial charge in [0.25, 0.3) is 11.5 Å². The number of benzene rings is 2. The summed E-state index contributed by atoms with van der Waals surface area (Å²) in [5, 5.41) is 1.24. The van der Waals surface area contributed by atoms with E-state index in [2.05, 4.69) is 13.8 Å². The third kappa shape index (κ3) is 3.41. The number of carbonyl (C=O) groups excluding carboxylic acids is 1. The summed E-state index contributed by atoms with van der Waals surface area (Å²) in [6, 6.07) is 15.0. The lowest BCUT2D eigenvalue weighted by Crippen LogP contribution is -2.47. The summed E-state index contributed by atoms with van der Waals surface area (Å²) >= 11 is 0. The molecule has 0 spiro atoms. The molecule has 1 aliphatic heterocycles. The van der Waals surface area contributed by atoms with Crippen LogP contribution in [0.5, 0.6) is 5.75 Å². The number of fused-ring (bicyclic) bond motifs is 1. The summed E-state index contributed by atoms with van der Waals surface area (Å²) in [4.78, 5) is 28.8.